The average Bonchev–Trinajstić information content (AvgIpc) is 2.44. The first-order valence-corrected chi connectivity index (χ1v) is 8.72. The fourth-order valence-corrected chi connectivity index (χ4v) is 3.14. The molecule has 0 radical (unpaired) electrons. The Bertz CT molecular complexity index is 211. The van der Waals surface area contributed by atoms with Crippen molar-refractivity contribution >= 4 is 0 Å². The molecule has 0 spiro atoms. The normalized spacial score (nSPS) is 26.7. The largest absolute Gasteiger partial charge is 0.382 e. The van der Waals surface area contributed by atoms with E-state index in [0.29, 0.717) is 18.8 Å². The summed E-state index contributed by atoms with van der Waals surface area (Å²) in [4.78, 5) is 0. The van der Waals surface area contributed by atoms with Crippen LogP contribution in [0.3, 0.4) is 0 Å². The number of hydrogen-bond donors (Lipinski definition) is 1. The standard InChI is InChI=1S/C17H35NO2/c1-3-18-16-12-10-8-6-4-5-7-9-11-13-17(16)20-15-14-19-2/h16-18H,3-15H2,1-2H3. The van der Waals surface area contributed by atoms with Gasteiger partial charge in [-0.3, -0.25) is 0 Å². The molecular weight excluding hydrogens is 250 g/mol. The molecule has 0 saturated heterocycles. The van der Waals surface area contributed by atoms with Crippen LogP contribution in [-0.4, -0.2) is 39.0 Å². The molecule has 1 saturated carbocycles. The zero-order valence-electron chi connectivity index (χ0n) is 13.7. The third kappa shape index (κ3) is 8.23. The van der Waals surface area contributed by atoms with Crippen LogP contribution in [0, 0.1) is 0 Å². The predicted molar refractivity (Wildman–Crippen MR) is 85.3 cm³/mol. The van der Waals surface area contributed by atoms with Crippen LogP contribution in [0.1, 0.15) is 71.1 Å². The Hall–Kier alpha value is -0.120. The van der Waals surface area contributed by atoms with Gasteiger partial charge in [-0.05, 0) is 19.4 Å². The van der Waals surface area contributed by atoms with E-state index in [1.807, 2.05) is 0 Å². The molecule has 1 fully saturated rings. The number of methoxy groups -OCH3 is 1. The highest BCUT2D eigenvalue weighted by atomic mass is 16.5. The molecule has 1 rings (SSSR count). The zero-order chi connectivity index (χ0) is 14.5. The van der Waals surface area contributed by atoms with E-state index in [0.717, 1.165) is 13.2 Å². The number of likely N-dealkylation sites (N-methyl/N-ethyl adjacent to an activating group) is 1. The summed E-state index contributed by atoms with van der Waals surface area (Å²) in [6.07, 6.45) is 13.9. The molecule has 0 aliphatic heterocycles. The van der Waals surface area contributed by atoms with Gasteiger partial charge in [0, 0.05) is 13.2 Å². The van der Waals surface area contributed by atoms with Gasteiger partial charge in [0.2, 0.25) is 0 Å². The minimum absolute atomic E-state index is 0.365. The summed E-state index contributed by atoms with van der Waals surface area (Å²) >= 11 is 0. The highest BCUT2D eigenvalue weighted by Gasteiger charge is 2.21. The van der Waals surface area contributed by atoms with E-state index in [-0.39, 0.29) is 0 Å². The maximum absolute atomic E-state index is 6.11. The van der Waals surface area contributed by atoms with Crippen LogP contribution in [0.25, 0.3) is 0 Å². The van der Waals surface area contributed by atoms with Gasteiger partial charge in [0.15, 0.2) is 0 Å². The molecule has 2 atom stereocenters. The van der Waals surface area contributed by atoms with E-state index in [1.165, 1.54) is 64.2 Å². The summed E-state index contributed by atoms with van der Waals surface area (Å²) in [5, 5.41) is 3.65. The van der Waals surface area contributed by atoms with Gasteiger partial charge in [-0.25, -0.2) is 0 Å². The van der Waals surface area contributed by atoms with Crippen molar-refractivity contribution in [3.05, 3.63) is 0 Å². The quantitative estimate of drug-likeness (QED) is 0.751. The summed E-state index contributed by atoms with van der Waals surface area (Å²) in [5.41, 5.74) is 0. The van der Waals surface area contributed by atoms with E-state index in [9.17, 15) is 0 Å². The van der Waals surface area contributed by atoms with E-state index in [1.54, 1.807) is 7.11 Å². The van der Waals surface area contributed by atoms with Crippen molar-refractivity contribution in [3.63, 3.8) is 0 Å². The SMILES string of the molecule is CCNC1CCCCCCCCCCC1OCCOC. The van der Waals surface area contributed by atoms with Crippen molar-refractivity contribution in [2.24, 2.45) is 0 Å². The highest BCUT2D eigenvalue weighted by Crippen LogP contribution is 2.19. The maximum Gasteiger partial charge on any atom is 0.0729 e. The van der Waals surface area contributed by atoms with Crippen LogP contribution in [-0.2, 0) is 9.47 Å². The van der Waals surface area contributed by atoms with Gasteiger partial charge < -0.3 is 14.8 Å². The molecule has 2 unspecified atom stereocenters. The zero-order valence-corrected chi connectivity index (χ0v) is 13.7. The minimum Gasteiger partial charge on any atom is -0.382 e. The van der Waals surface area contributed by atoms with Crippen LogP contribution < -0.4 is 5.32 Å². The van der Waals surface area contributed by atoms with Gasteiger partial charge in [-0.15, -0.1) is 0 Å². The third-order valence-corrected chi connectivity index (χ3v) is 4.29. The molecule has 3 nitrogen and oxygen atoms in total. The Labute approximate surface area is 125 Å². The van der Waals surface area contributed by atoms with Crippen LogP contribution in [0.4, 0.5) is 0 Å². The Kier molecular flexibility index (Phi) is 11.3. The van der Waals surface area contributed by atoms with Crippen LogP contribution in [0.2, 0.25) is 0 Å². The molecule has 0 bridgehead atoms. The number of nitrogens with one attached hydrogen (secondary N) is 1. The topological polar surface area (TPSA) is 30.5 Å². The summed E-state index contributed by atoms with van der Waals surface area (Å²) in [7, 11) is 1.74. The second kappa shape index (κ2) is 12.6. The molecular formula is C17H35NO2. The van der Waals surface area contributed by atoms with Crippen molar-refractivity contribution in [3.8, 4) is 0 Å². The van der Waals surface area contributed by atoms with Crippen molar-refractivity contribution in [2.45, 2.75) is 83.3 Å². The van der Waals surface area contributed by atoms with E-state index in [4.69, 9.17) is 9.47 Å². The molecule has 1 aliphatic rings. The molecule has 0 aromatic rings. The minimum atomic E-state index is 0.365. The first-order chi connectivity index (χ1) is 9.88. The smallest absolute Gasteiger partial charge is 0.0729 e. The van der Waals surface area contributed by atoms with Crippen LogP contribution in [0.5, 0.6) is 0 Å². The summed E-state index contributed by atoms with van der Waals surface area (Å²) < 4.78 is 11.2. The van der Waals surface area contributed by atoms with Crippen molar-refractivity contribution in [1.29, 1.82) is 0 Å². The lowest BCUT2D eigenvalue weighted by Gasteiger charge is -2.28. The van der Waals surface area contributed by atoms with Gasteiger partial charge in [0.1, 0.15) is 0 Å². The fraction of sp³-hybridized carbons (Fsp3) is 1.00. The molecule has 3 heteroatoms. The van der Waals surface area contributed by atoms with E-state index in [2.05, 4.69) is 12.2 Å². The monoisotopic (exact) mass is 285 g/mol. The van der Waals surface area contributed by atoms with Gasteiger partial charge in [-0.1, -0.05) is 58.3 Å². The number of rotatable bonds is 6. The molecule has 0 amide bonds. The van der Waals surface area contributed by atoms with Crippen molar-refractivity contribution < 1.29 is 9.47 Å². The first-order valence-electron chi connectivity index (χ1n) is 8.72. The Balaban J connectivity index is 2.47. The molecule has 0 aromatic heterocycles. The molecule has 1 aliphatic carbocycles. The maximum atomic E-state index is 6.11. The van der Waals surface area contributed by atoms with Crippen LogP contribution >= 0.6 is 0 Å². The van der Waals surface area contributed by atoms with Gasteiger partial charge in [0.25, 0.3) is 0 Å². The van der Waals surface area contributed by atoms with Gasteiger partial charge >= 0.3 is 0 Å². The number of hydrogen-bond acceptors (Lipinski definition) is 3. The molecule has 0 heterocycles. The van der Waals surface area contributed by atoms with E-state index < -0.39 is 0 Å². The average molecular weight is 285 g/mol. The van der Waals surface area contributed by atoms with Crippen molar-refractivity contribution in [1.82, 2.24) is 5.32 Å². The second-order valence-electron chi connectivity index (χ2n) is 5.97. The van der Waals surface area contributed by atoms with Gasteiger partial charge in [0.05, 0.1) is 19.3 Å². The first kappa shape index (κ1) is 17.9. The summed E-state index contributed by atoms with van der Waals surface area (Å²) in [6.45, 7) is 4.66. The predicted octanol–water partition coefficient (Wildman–Crippen LogP) is 3.91. The Morgan fingerprint density at radius 2 is 1.45 bits per heavy atom. The van der Waals surface area contributed by atoms with E-state index >= 15 is 0 Å². The second-order valence-corrected chi connectivity index (χ2v) is 5.97. The lowest BCUT2D eigenvalue weighted by Crippen LogP contribution is -2.42. The fourth-order valence-electron chi connectivity index (χ4n) is 3.14. The van der Waals surface area contributed by atoms with Gasteiger partial charge in [-0.2, -0.15) is 0 Å². The molecule has 120 valence electrons. The lowest BCUT2D eigenvalue weighted by molar-refractivity contribution is -0.00911. The van der Waals surface area contributed by atoms with Crippen LogP contribution in [0.15, 0.2) is 0 Å². The number of ether oxygens (including phenoxy) is 2. The molecule has 20 heavy (non-hydrogen) atoms. The third-order valence-electron chi connectivity index (χ3n) is 4.29. The van der Waals surface area contributed by atoms with Crippen molar-refractivity contribution in [2.75, 3.05) is 26.9 Å². The summed E-state index contributed by atoms with van der Waals surface area (Å²) in [5.74, 6) is 0. The molecule has 1 N–H and O–H groups in total. The highest BCUT2D eigenvalue weighted by molar-refractivity contribution is 4.77. The Morgan fingerprint density at radius 1 is 0.850 bits per heavy atom. The summed E-state index contributed by atoms with van der Waals surface area (Å²) in [6, 6.07) is 0.524. The molecule has 0 aromatic carbocycles. The Morgan fingerprint density at radius 3 is 2.05 bits per heavy atom. The lowest BCUT2D eigenvalue weighted by atomic mass is 9.95.